The molecule has 0 fully saturated rings. The molecule has 0 bridgehead atoms. The highest BCUT2D eigenvalue weighted by atomic mass is 35.5. The number of benzene rings is 2. The van der Waals surface area contributed by atoms with Gasteiger partial charge in [-0.25, -0.2) is 10.2 Å². The average Bonchev–Trinajstić information content (AvgIpc) is 3.23. The topological polar surface area (TPSA) is 115 Å². The third kappa shape index (κ3) is 5.19. The van der Waals surface area contributed by atoms with E-state index in [1.54, 1.807) is 29.1 Å². The number of aromatic nitrogens is 2. The van der Waals surface area contributed by atoms with Gasteiger partial charge in [-0.3, -0.25) is 9.48 Å². The largest absolute Gasteiger partial charge is 0.493 e. The SMILES string of the molecule is COc1ccc(/C=N/NC(=O)c2ccn(Cc3ccc(Cl)cc3Cl)n2)c(C(=O)O)c1OC. The highest BCUT2D eigenvalue weighted by molar-refractivity contribution is 6.35. The van der Waals surface area contributed by atoms with Crippen molar-refractivity contribution in [3.05, 3.63) is 75.0 Å². The summed E-state index contributed by atoms with van der Waals surface area (Å²) in [5.74, 6) is -1.49. The highest BCUT2D eigenvalue weighted by Crippen LogP contribution is 2.32. The molecule has 0 spiro atoms. The Labute approximate surface area is 193 Å². The van der Waals surface area contributed by atoms with Crippen LogP contribution in [0.3, 0.4) is 0 Å². The number of nitrogens with one attached hydrogen (secondary N) is 1. The highest BCUT2D eigenvalue weighted by Gasteiger charge is 2.20. The quantitative estimate of drug-likeness (QED) is 0.378. The van der Waals surface area contributed by atoms with Crippen LogP contribution in [0.4, 0.5) is 0 Å². The van der Waals surface area contributed by atoms with Gasteiger partial charge in [0, 0.05) is 21.8 Å². The van der Waals surface area contributed by atoms with Gasteiger partial charge in [-0.2, -0.15) is 10.2 Å². The van der Waals surface area contributed by atoms with Gasteiger partial charge in [0.15, 0.2) is 17.2 Å². The second-order valence-electron chi connectivity index (χ2n) is 6.40. The van der Waals surface area contributed by atoms with E-state index in [1.165, 1.54) is 38.6 Å². The minimum Gasteiger partial charge on any atom is -0.493 e. The van der Waals surface area contributed by atoms with Gasteiger partial charge in [-0.15, -0.1) is 0 Å². The Kier molecular flexibility index (Phi) is 7.34. The number of carbonyl (C=O) groups is 2. The lowest BCUT2D eigenvalue weighted by atomic mass is 10.1. The fourth-order valence-corrected chi connectivity index (χ4v) is 3.35. The molecular formula is C21H18Cl2N4O5. The Morgan fingerprint density at radius 3 is 2.62 bits per heavy atom. The number of hydrogen-bond acceptors (Lipinski definition) is 6. The maximum atomic E-state index is 12.3. The number of hydrogen-bond donors (Lipinski definition) is 2. The van der Waals surface area contributed by atoms with Gasteiger partial charge in [0.1, 0.15) is 5.56 Å². The first kappa shape index (κ1) is 23.1. The number of halogens is 2. The number of carboxylic acid groups (broad SMARTS) is 1. The van der Waals surface area contributed by atoms with Crippen LogP contribution >= 0.6 is 23.2 Å². The van der Waals surface area contributed by atoms with E-state index in [9.17, 15) is 14.7 Å². The van der Waals surface area contributed by atoms with Gasteiger partial charge in [0.25, 0.3) is 5.91 Å². The van der Waals surface area contributed by atoms with Crippen molar-refractivity contribution < 1.29 is 24.2 Å². The number of nitrogens with zero attached hydrogens (tertiary/aromatic N) is 3. The summed E-state index contributed by atoms with van der Waals surface area (Å²) in [6.07, 6.45) is 2.83. The Bertz CT molecular complexity index is 1190. The molecule has 2 aromatic carbocycles. The Balaban J connectivity index is 1.72. The third-order valence-corrected chi connectivity index (χ3v) is 4.97. The van der Waals surface area contributed by atoms with Crippen molar-refractivity contribution in [3.8, 4) is 11.5 Å². The first-order valence-electron chi connectivity index (χ1n) is 9.13. The summed E-state index contributed by atoms with van der Waals surface area (Å²) in [5.41, 5.74) is 3.31. The van der Waals surface area contributed by atoms with Crippen molar-refractivity contribution in [1.82, 2.24) is 15.2 Å². The number of methoxy groups -OCH3 is 2. The standard InChI is InChI=1S/C21H18Cl2N4O5/c1-31-17-6-4-12(18(21(29)30)19(17)32-2)10-24-25-20(28)16-7-8-27(26-16)11-13-3-5-14(22)9-15(13)23/h3-10H,11H2,1-2H3,(H,25,28)(H,29,30)/b24-10+. The first-order chi connectivity index (χ1) is 15.3. The number of amides is 1. The summed E-state index contributed by atoms with van der Waals surface area (Å²) in [5, 5.41) is 18.6. The Morgan fingerprint density at radius 2 is 1.97 bits per heavy atom. The predicted octanol–water partition coefficient (Wildman–Crippen LogP) is 3.72. The summed E-state index contributed by atoms with van der Waals surface area (Å²) in [6, 6.07) is 9.67. The van der Waals surface area contributed by atoms with Gasteiger partial charge >= 0.3 is 5.97 Å². The van der Waals surface area contributed by atoms with E-state index in [2.05, 4.69) is 15.6 Å². The monoisotopic (exact) mass is 476 g/mol. The van der Waals surface area contributed by atoms with Crippen LogP contribution in [-0.4, -0.2) is 47.2 Å². The molecule has 1 heterocycles. The zero-order valence-corrected chi connectivity index (χ0v) is 18.5. The number of rotatable bonds is 8. The van der Waals surface area contributed by atoms with Crippen molar-refractivity contribution in [2.45, 2.75) is 6.54 Å². The van der Waals surface area contributed by atoms with E-state index in [-0.39, 0.29) is 28.3 Å². The van der Waals surface area contributed by atoms with Gasteiger partial charge < -0.3 is 14.6 Å². The van der Waals surface area contributed by atoms with E-state index in [0.29, 0.717) is 16.6 Å². The smallest absolute Gasteiger partial charge is 0.340 e. The molecule has 166 valence electrons. The second kappa shape index (κ2) is 10.2. The number of aromatic carboxylic acids is 1. The van der Waals surface area contributed by atoms with Crippen molar-refractivity contribution >= 4 is 41.3 Å². The predicted molar refractivity (Wildman–Crippen MR) is 119 cm³/mol. The fourth-order valence-electron chi connectivity index (χ4n) is 2.88. The van der Waals surface area contributed by atoms with Crippen LogP contribution in [0.1, 0.15) is 32.0 Å². The lowest BCUT2D eigenvalue weighted by molar-refractivity contribution is 0.0692. The average molecular weight is 477 g/mol. The first-order valence-corrected chi connectivity index (χ1v) is 9.88. The van der Waals surface area contributed by atoms with E-state index in [1.807, 2.05) is 0 Å². The molecule has 1 aromatic heterocycles. The van der Waals surface area contributed by atoms with Crippen LogP contribution in [0.25, 0.3) is 0 Å². The zero-order chi connectivity index (χ0) is 23.3. The lowest BCUT2D eigenvalue weighted by Gasteiger charge is -2.12. The number of ether oxygens (including phenoxy) is 2. The van der Waals surface area contributed by atoms with Gasteiger partial charge in [0.05, 0.1) is 27.0 Å². The van der Waals surface area contributed by atoms with Crippen LogP contribution in [0.2, 0.25) is 10.0 Å². The minimum atomic E-state index is -1.23. The summed E-state index contributed by atoms with van der Waals surface area (Å²) >= 11 is 12.1. The molecule has 0 aliphatic rings. The summed E-state index contributed by atoms with van der Waals surface area (Å²) in [4.78, 5) is 24.0. The lowest BCUT2D eigenvalue weighted by Crippen LogP contribution is -2.19. The molecular weight excluding hydrogens is 459 g/mol. The van der Waals surface area contributed by atoms with Gasteiger partial charge in [-0.05, 0) is 35.9 Å². The summed E-state index contributed by atoms with van der Waals surface area (Å²) in [6.45, 7) is 0.347. The Morgan fingerprint density at radius 1 is 1.19 bits per heavy atom. The molecule has 32 heavy (non-hydrogen) atoms. The molecule has 0 atom stereocenters. The molecule has 3 aromatic rings. The third-order valence-electron chi connectivity index (χ3n) is 4.38. The van der Waals surface area contributed by atoms with Crippen molar-refractivity contribution in [2.24, 2.45) is 5.10 Å². The van der Waals surface area contributed by atoms with Crippen LogP contribution in [0.5, 0.6) is 11.5 Å². The van der Waals surface area contributed by atoms with Crippen molar-refractivity contribution in [3.63, 3.8) is 0 Å². The maximum Gasteiger partial charge on any atom is 0.340 e. The molecule has 0 aliphatic heterocycles. The number of hydrazone groups is 1. The normalized spacial score (nSPS) is 10.9. The number of carboxylic acids is 1. The molecule has 3 rings (SSSR count). The van der Waals surface area contributed by atoms with Crippen LogP contribution in [-0.2, 0) is 6.54 Å². The second-order valence-corrected chi connectivity index (χ2v) is 7.25. The summed E-state index contributed by atoms with van der Waals surface area (Å²) < 4.78 is 11.8. The molecule has 0 unspecified atom stereocenters. The van der Waals surface area contributed by atoms with Crippen LogP contribution < -0.4 is 14.9 Å². The van der Waals surface area contributed by atoms with Crippen molar-refractivity contribution in [1.29, 1.82) is 0 Å². The molecule has 0 aliphatic carbocycles. The van der Waals surface area contributed by atoms with E-state index < -0.39 is 11.9 Å². The summed E-state index contributed by atoms with van der Waals surface area (Å²) in [7, 11) is 2.73. The number of carbonyl (C=O) groups excluding carboxylic acids is 1. The fraction of sp³-hybridized carbons (Fsp3) is 0.143. The Hall–Kier alpha value is -3.56. The van der Waals surface area contributed by atoms with E-state index >= 15 is 0 Å². The van der Waals surface area contributed by atoms with Crippen LogP contribution in [0.15, 0.2) is 47.7 Å². The molecule has 0 saturated carbocycles. The van der Waals surface area contributed by atoms with E-state index in [4.69, 9.17) is 32.7 Å². The molecule has 11 heteroatoms. The zero-order valence-electron chi connectivity index (χ0n) is 17.0. The molecule has 9 nitrogen and oxygen atoms in total. The van der Waals surface area contributed by atoms with Gasteiger partial charge in [0.2, 0.25) is 0 Å². The maximum absolute atomic E-state index is 12.3. The molecule has 0 radical (unpaired) electrons. The van der Waals surface area contributed by atoms with Crippen molar-refractivity contribution in [2.75, 3.05) is 14.2 Å². The molecule has 0 saturated heterocycles. The van der Waals surface area contributed by atoms with E-state index in [0.717, 1.165) is 5.56 Å². The van der Waals surface area contributed by atoms with Crippen LogP contribution in [0, 0.1) is 0 Å². The molecule has 1 amide bonds. The molecule has 2 N–H and O–H groups in total. The van der Waals surface area contributed by atoms with Gasteiger partial charge in [-0.1, -0.05) is 29.3 Å². The minimum absolute atomic E-state index is 0.0508.